The average Bonchev–Trinajstić information content (AvgIpc) is 1.89. The molecule has 3 nitrogen and oxygen atoms in total. The zero-order chi connectivity index (χ0) is 6.69. The van der Waals surface area contributed by atoms with Crippen molar-refractivity contribution < 1.29 is 9.59 Å². The van der Waals surface area contributed by atoms with Gasteiger partial charge in [0.2, 0.25) is 6.41 Å². The summed E-state index contributed by atoms with van der Waals surface area (Å²) < 4.78 is 0. The number of nitrogens with zero attached hydrogens (tertiary/aromatic N) is 1. The lowest BCUT2D eigenvalue weighted by Crippen LogP contribution is -2.30. The summed E-state index contributed by atoms with van der Waals surface area (Å²) in [6.07, 6.45) is 4.52. The fraction of sp³-hybridized carbons (Fsp3) is 0.333. The Hall–Kier alpha value is -1.12. The molecule has 0 unspecified atom stereocenters. The lowest BCUT2D eigenvalue weighted by Gasteiger charge is -2.14. The fourth-order valence-corrected chi connectivity index (χ4v) is 0.708. The first-order valence-corrected chi connectivity index (χ1v) is 2.77. The van der Waals surface area contributed by atoms with Gasteiger partial charge in [-0.25, -0.2) is 0 Å². The number of hydrogen-bond donors (Lipinski definition) is 0. The quantitative estimate of drug-likeness (QED) is 0.460. The zero-order valence-electron chi connectivity index (χ0n) is 4.91. The van der Waals surface area contributed by atoms with Gasteiger partial charge >= 0.3 is 0 Å². The second-order valence-corrected chi connectivity index (χ2v) is 1.83. The summed E-state index contributed by atoms with van der Waals surface area (Å²) in [5.41, 5.74) is 0. The summed E-state index contributed by atoms with van der Waals surface area (Å²) in [5, 5.41) is 0. The number of amides is 2. The van der Waals surface area contributed by atoms with Gasteiger partial charge in [0.05, 0.1) is 0 Å². The van der Waals surface area contributed by atoms with Gasteiger partial charge in [-0.15, -0.1) is 0 Å². The molecule has 0 N–H and O–H groups in total. The Morgan fingerprint density at radius 2 is 2.44 bits per heavy atom. The van der Waals surface area contributed by atoms with Crippen molar-refractivity contribution in [2.24, 2.45) is 0 Å². The Morgan fingerprint density at radius 3 is 2.89 bits per heavy atom. The molecule has 0 aromatic heterocycles. The lowest BCUT2D eigenvalue weighted by atomic mass is 10.3. The predicted octanol–water partition coefficient (Wildman–Crippen LogP) is -0.0687. The third-order valence-corrected chi connectivity index (χ3v) is 1.21. The van der Waals surface area contributed by atoms with Gasteiger partial charge in [0.25, 0.3) is 5.91 Å². The smallest absolute Gasteiger partial charge is 0.252 e. The van der Waals surface area contributed by atoms with Crippen LogP contribution >= 0.6 is 0 Å². The molecule has 0 bridgehead atoms. The topological polar surface area (TPSA) is 37.4 Å². The summed E-state index contributed by atoms with van der Waals surface area (Å²) in [4.78, 5) is 21.8. The van der Waals surface area contributed by atoms with Gasteiger partial charge in [-0.05, 0) is 12.5 Å². The monoisotopic (exact) mass is 125 g/mol. The highest BCUT2D eigenvalue weighted by Crippen LogP contribution is 1.98. The molecular weight excluding hydrogens is 118 g/mol. The average molecular weight is 125 g/mol. The number of rotatable bonds is 1. The third kappa shape index (κ3) is 1.16. The van der Waals surface area contributed by atoms with Gasteiger partial charge in [-0.3, -0.25) is 14.5 Å². The molecule has 9 heavy (non-hydrogen) atoms. The van der Waals surface area contributed by atoms with Gasteiger partial charge in [0.15, 0.2) is 0 Å². The first kappa shape index (κ1) is 6.01. The van der Waals surface area contributed by atoms with Gasteiger partial charge < -0.3 is 0 Å². The maximum absolute atomic E-state index is 10.6. The van der Waals surface area contributed by atoms with Crippen LogP contribution in [-0.4, -0.2) is 23.8 Å². The van der Waals surface area contributed by atoms with Crippen molar-refractivity contribution >= 4 is 12.3 Å². The normalized spacial score (nSPS) is 18.2. The van der Waals surface area contributed by atoms with E-state index in [0.717, 1.165) is 11.3 Å². The van der Waals surface area contributed by atoms with Crippen LogP contribution in [0.3, 0.4) is 0 Å². The van der Waals surface area contributed by atoms with Crippen molar-refractivity contribution in [1.82, 2.24) is 4.90 Å². The van der Waals surface area contributed by atoms with Crippen molar-refractivity contribution in [3.63, 3.8) is 0 Å². The van der Waals surface area contributed by atoms with E-state index in [0.29, 0.717) is 13.0 Å². The molecule has 0 saturated heterocycles. The lowest BCUT2D eigenvalue weighted by molar-refractivity contribution is -0.134. The van der Waals surface area contributed by atoms with Crippen LogP contribution in [0.5, 0.6) is 0 Å². The second-order valence-electron chi connectivity index (χ2n) is 1.83. The Bertz CT molecular complexity index is 162. The molecule has 1 heterocycles. The minimum atomic E-state index is -0.212. The Kier molecular flexibility index (Phi) is 1.63. The molecule has 2 amide bonds. The second kappa shape index (κ2) is 2.44. The van der Waals surface area contributed by atoms with E-state index in [9.17, 15) is 9.59 Å². The van der Waals surface area contributed by atoms with Crippen molar-refractivity contribution in [3.8, 4) is 0 Å². The van der Waals surface area contributed by atoms with Crippen LogP contribution in [0.15, 0.2) is 12.2 Å². The SMILES string of the molecule is O=CN1CCC=CC1=O. The first-order valence-electron chi connectivity index (χ1n) is 2.77. The summed E-state index contributed by atoms with van der Waals surface area (Å²) in [6.45, 7) is 0.527. The van der Waals surface area contributed by atoms with Gasteiger partial charge in [-0.1, -0.05) is 6.08 Å². The maximum atomic E-state index is 10.6. The standard InChI is InChI=1S/C6H7NO2/c8-5-7-4-2-1-3-6(7)9/h1,3,5H,2,4H2. The minimum Gasteiger partial charge on any atom is -0.281 e. The Labute approximate surface area is 53.0 Å². The molecule has 0 aliphatic carbocycles. The van der Waals surface area contributed by atoms with Crippen molar-refractivity contribution in [2.75, 3.05) is 6.54 Å². The molecular formula is C6H7NO2. The third-order valence-electron chi connectivity index (χ3n) is 1.21. The summed E-state index contributed by atoms with van der Waals surface area (Å²) in [5.74, 6) is -0.212. The van der Waals surface area contributed by atoms with Crippen molar-refractivity contribution in [3.05, 3.63) is 12.2 Å². The van der Waals surface area contributed by atoms with Crippen LogP contribution in [0.4, 0.5) is 0 Å². The van der Waals surface area contributed by atoms with Crippen LogP contribution in [0.1, 0.15) is 6.42 Å². The highest BCUT2D eigenvalue weighted by atomic mass is 16.2. The van der Waals surface area contributed by atoms with Crippen LogP contribution < -0.4 is 0 Å². The molecule has 0 spiro atoms. The molecule has 1 aliphatic rings. The number of hydrogen-bond acceptors (Lipinski definition) is 2. The molecule has 1 aliphatic heterocycles. The van der Waals surface area contributed by atoms with Crippen molar-refractivity contribution in [1.29, 1.82) is 0 Å². The Morgan fingerprint density at radius 1 is 1.67 bits per heavy atom. The van der Waals surface area contributed by atoms with E-state index in [1.54, 1.807) is 6.08 Å². The van der Waals surface area contributed by atoms with E-state index in [1.807, 2.05) is 0 Å². The molecule has 0 atom stereocenters. The molecule has 3 heteroatoms. The zero-order valence-corrected chi connectivity index (χ0v) is 4.91. The van der Waals surface area contributed by atoms with E-state index in [1.165, 1.54) is 6.08 Å². The van der Waals surface area contributed by atoms with Crippen molar-refractivity contribution in [2.45, 2.75) is 6.42 Å². The summed E-state index contributed by atoms with van der Waals surface area (Å²) in [6, 6.07) is 0. The molecule has 0 radical (unpaired) electrons. The molecule has 0 fully saturated rings. The summed E-state index contributed by atoms with van der Waals surface area (Å²) in [7, 11) is 0. The Balaban J connectivity index is 2.65. The van der Waals surface area contributed by atoms with E-state index >= 15 is 0 Å². The summed E-state index contributed by atoms with van der Waals surface area (Å²) >= 11 is 0. The molecule has 0 aromatic carbocycles. The first-order chi connectivity index (χ1) is 4.34. The predicted molar refractivity (Wildman–Crippen MR) is 31.5 cm³/mol. The van der Waals surface area contributed by atoms with E-state index in [2.05, 4.69) is 0 Å². The van der Waals surface area contributed by atoms with Crippen LogP contribution in [0.25, 0.3) is 0 Å². The van der Waals surface area contributed by atoms with Crippen LogP contribution in [0, 0.1) is 0 Å². The molecule has 0 saturated carbocycles. The highest BCUT2D eigenvalue weighted by Gasteiger charge is 2.10. The number of carbonyl (C=O) groups excluding carboxylic acids is 2. The van der Waals surface area contributed by atoms with Gasteiger partial charge in [0.1, 0.15) is 0 Å². The van der Waals surface area contributed by atoms with Gasteiger partial charge in [0, 0.05) is 6.54 Å². The van der Waals surface area contributed by atoms with Gasteiger partial charge in [-0.2, -0.15) is 0 Å². The largest absolute Gasteiger partial charge is 0.281 e. The number of carbonyl (C=O) groups is 2. The van der Waals surface area contributed by atoms with E-state index in [4.69, 9.17) is 0 Å². The highest BCUT2D eigenvalue weighted by molar-refractivity contribution is 5.95. The maximum Gasteiger partial charge on any atom is 0.252 e. The number of imide groups is 1. The van der Waals surface area contributed by atoms with Crippen LogP contribution in [-0.2, 0) is 9.59 Å². The van der Waals surface area contributed by atoms with E-state index in [-0.39, 0.29) is 5.91 Å². The molecule has 48 valence electrons. The minimum absolute atomic E-state index is 0.212. The fourth-order valence-electron chi connectivity index (χ4n) is 0.708. The van der Waals surface area contributed by atoms with Crippen LogP contribution in [0.2, 0.25) is 0 Å². The molecule has 1 rings (SSSR count). The molecule has 0 aromatic rings. The van der Waals surface area contributed by atoms with E-state index < -0.39 is 0 Å².